The molecule has 1 saturated carbocycles. The first-order valence-corrected chi connectivity index (χ1v) is 12.1. The minimum atomic E-state index is -0.283. The SMILES string of the molecule is CCCNC(=O)N1CCN(c2nc(C3CC3)c3c(c2C#N)CC(C)(C)OC3)C[C@H]1C(C)C. The van der Waals surface area contributed by atoms with E-state index in [1.165, 1.54) is 0 Å². The van der Waals surface area contributed by atoms with Gasteiger partial charge < -0.3 is 19.9 Å². The van der Waals surface area contributed by atoms with Gasteiger partial charge in [0.25, 0.3) is 0 Å². The third-order valence-electron chi connectivity index (χ3n) is 6.99. The van der Waals surface area contributed by atoms with Crippen LogP contribution < -0.4 is 10.2 Å². The second kappa shape index (κ2) is 8.90. The summed E-state index contributed by atoms with van der Waals surface area (Å²) in [4.78, 5) is 22.1. The van der Waals surface area contributed by atoms with Crippen LogP contribution in [0.25, 0.3) is 0 Å². The van der Waals surface area contributed by atoms with E-state index in [0.717, 1.165) is 48.3 Å². The van der Waals surface area contributed by atoms with Crippen molar-refractivity contribution in [3.05, 3.63) is 22.4 Å². The van der Waals surface area contributed by atoms with Gasteiger partial charge in [0, 0.05) is 44.1 Å². The van der Waals surface area contributed by atoms with E-state index < -0.39 is 0 Å². The van der Waals surface area contributed by atoms with E-state index in [-0.39, 0.29) is 17.7 Å². The van der Waals surface area contributed by atoms with Crippen LogP contribution in [0.3, 0.4) is 0 Å². The Morgan fingerprint density at radius 3 is 2.69 bits per heavy atom. The van der Waals surface area contributed by atoms with Crippen molar-refractivity contribution >= 4 is 11.8 Å². The van der Waals surface area contributed by atoms with Gasteiger partial charge >= 0.3 is 6.03 Å². The molecule has 2 aliphatic heterocycles. The van der Waals surface area contributed by atoms with E-state index in [9.17, 15) is 10.1 Å². The molecular weight excluding hydrogens is 402 g/mol. The second-order valence-corrected chi connectivity index (χ2v) is 10.4. The topological polar surface area (TPSA) is 81.5 Å². The van der Waals surface area contributed by atoms with Gasteiger partial charge in [-0.1, -0.05) is 20.8 Å². The number of anilines is 1. The lowest BCUT2D eigenvalue weighted by atomic mass is 9.87. The molecule has 2 fully saturated rings. The van der Waals surface area contributed by atoms with Crippen molar-refractivity contribution in [3.63, 3.8) is 0 Å². The van der Waals surface area contributed by atoms with E-state index in [1.807, 2.05) is 4.90 Å². The fourth-order valence-corrected chi connectivity index (χ4v) is 4.98. The molecule has 3 aliphatic rings. The number of carbonyl (C=O) groups excluding carboxylic acids is 1. The minimum absolute atomic E-state index is 0.0154. The molecule has 3 heterocycles. The van der Waals surface area contributed by atoms with Crippen LogP contribution in [-0.4, -0.2) is 53.7 Å². The third-order valence-corrected chi connectivity index (χ3v) is 6.99. The van der Waals surface area contributed by atoms with E-state index in [1.54, 1.807) is 0 Å². The van der Waals surface area contributed by atoms with Crippen LogP contribution in [0.2, 0.25) is 0 Å². The first-order chi connectivity index (χ1) is 15.3. The number of aromatic nitrogens is 1. The number of rotatable bonds is 5. The van der Waals surface area contributed by atoms with Crippen LogP contribution in [0, 0.1) is 17.2 Å². The van der Waals surface area contributed by atoms with E-state index in [2.05, 4.69) is 50.9 Å². The molecule has 7 heteroatoms. The number of urea groups is 1. The predicted octanol–water partition coefficient (Wildman–Crippen LogP) is 3.95. The zero-order valence-electron chi connectivity index (χ0n) is 20.2. The number of nitriles is 1. The molecule has 0 aromatic carbocycles. The Balaban J connectivity index is 1.68. The van der Waals surface area contributed by atoms with Gasteiger partial charge in [0.1, 0.15) is 11.9 Å². The van der Waals surface area contributed by atoms with E-state index in [0.29, 0.717) is 50.2 Å². The van der Waals surface area contributed by atoms with Crippen LogP contribution in [0.5, 0.6) is 0 Å². The van der Waals surface area contributed by atoms with E-state index >= 15 is 0 Å². The van der Waals surface area contributed by atoms with Crippen LogP contribution in [0.15, 0.2) is 0 Å². The lowest BCUT2D eigenvalue weighted by Gasteiger charge is -2.44. The van der Waals surface area contributed by atoms with Crippen molar-refractivity contribution in [1.82, 2.24) is 15.2 Å². The summed E-state index contributed by atoms with van der Waals surface area (Å²) in [6, 6.07) is 2.59. The average molecular weight is 440 g/mol. The zero-order chi connectivity index (χ0) is 23.0. The van der Waals surface area contributed by atoms with Gasteiger partial charge in [-0.05, 0) is 44.6 Å². The Morgan fingerprint density at radius 2 is 2.06 bits per heavy atom. The number of nitrogens with one attached hydrogen (secondary N) is 1. The number of hydrogen-bond donors (Lipinski definition) is 1. The van der Waals surface area contributed by atoms with Crippen LogP contribution in [0.4, 0.5) is 10.6 Å². The van der Waals surface area contributed by atoms with Gasteiger partial charge in [-0.25, -0.2) is 9.78 Å². The molecule has 1 aromatic rings. The molecule has 0 bridgehead atoms. The van der Waals surface area contributed by atoms with Crippen LogP contribution >= 0.6 is 0 Å². The van der Waals surface area contributed by atoms with Gasteiger partial charge in [0.05, 0.1) is 29.5 Å². The first kappa shape index (κ1) is 22.8. The number of carbonyl (C=O) groups is 1. The third kappa shape index (κ3) is 4.43. The summed E-state index contributed by atoms with van der Waals surface area (Å²) in [5.74, 6) is 1.61. The first-order valence-electron chi connectivity index (χ1n) is 12.1. The smallest absolute Gasteiger partial charge is 0.317 e. The Kier molecular flexibility index (Phi) is 6.35. The number of hydrogen-bond acceptors (Lipinski definition) is 5. The summed E-state index contributed by atoms with van der Waals surface area (Å²) >= 11 is 0. The molecule has 0 unspecified atom stereocenters. The monoisotopic (exact) mass is 439 g/mol. The normalized spacial score (nSPS) is 22.5. The molecule has 1 aromatic heterocycles. The largest absolute Gasteiger partial charge is 0.370 e. The molecule has 174 valence electrons. The Hall–Kier alpha value is -2.33. The number of amides is 2. The van der Waals surface area contributed by atoms with Gasteiger partial charge in [0.2, 0.25) is 0 Å². The predicted molar refractivity (Wildman–Crippen MR) is 125 cm³/mol. The van der Waals surface area contributed by atoms with E-state index in [4.69, 9.17) is 9.72 Å². The van der Waals surface area contributed by atoms with Crippen molar-refractivity contribution in [1.29, 1.82) is 5.26 Å². The van der Waals surface area contributed by atoms with Crippen molar-refractivity contribution in [2.75, 3.05) is 31.1 Å². The maximum Gasteiger partial charge on any atom is 0.317 e. The Morgan fingerprint density at radius 1 is 1.31 bits per heavy atom. The van der Waals surface area contributed by atoms with Crippen molar-refractivity contribution in [3.8, 4) is 6.07 Å². The van der Waals surface area contributed by atoms with Gasteiger partial charge in [-0.15, -0.1) is 0 Å². The Bertz CT molecular complexity index is 916. The molecule has 7 nitrogen and oxygen atoms in total. The number of piperazine rings is 1. The number of nitrogens with zero attached hydrogens (tertiary/aromatic N) is 4. The molecule has 1 saturated heterocycles. The molecule has 0 spiro atoms. The summed E-state index contributed by atoms with van der Waals surface area (Å²) in [6.07, 6.45) is 3.97. The van der Waals surface area contributed by atoms with Gasteiger partial charge in [-0.2, -0.15) is 5.26 Å². The molecular formula is C25H37N5O2. The summed E-state index contributed by atoms with van der Waals surface area (Å²) < 4.78 is 6.10. The van der Waals surface area contributed by atoms with Crippen molar-refractivity contribution in [2.24, 2.45) is 5.92 Å². The fraction of sp³-hybridized carbons (Fsp3) is 0.720. The molecule has 1 N–H and O–H groups in total. The highest BCUT2D eigenvalue weighted by Gasteiger charge is 2.39. The quantitative estimate of drug-likeness (QED) is 0.751. The maximum absolute atomic E-state index is 12.8. The lowest BCUT2D eigenvalue weighted by Crippen LogP contribution is -2.59. The second-order valence-electron chi connectivity index (χ2n) is 10.4. The average Bonchev–Trinajstić information content (AvgIpc) is 3.60. The summed E-state index contributed by atoms with van der Waals surface area (Å²) in [5, 5.41) is 13.2. The highest BCUT2D eigenvalue weighted by molar-refractivity contribution is 5.75. The highest BCUT2D eigenvalue weighted by atomic mass is 16.5. The molecule has 1 atom stereocenters. The molecule has 32 heavy (non-hydrogen) atoms. The van der Waals surface area contributed by atoms with Crippen molar-refractivity contribution in [2.45, 2.75) is 84.5 Å². The van der Waals surface area contributed by atoms with Crippen molar-refractivity contribution < 1.29 is 9.53 Å². The highest BCUT2D eigenvalue weighted by Crippen LogP contribution is 2.45. The summed E-state index contributed by atoms with van der Waals surface area (Å²) in [5.41, 5.74) is 3.82. The standard InChI is InChI=1S/C25H37N5O2/c1-6-9-27-24(31)30-11-10-29(14-21(30)16(2)3)23-19(13-26)18-12-25(4,5)32-15-20(18)22(28-23)17-7-8-17/h16-17,21H,6-12,14-15H2,1-5H3,(H,27,31)/t21-/m0/s1. The molecule has 2 amide bonds. The minimum Gasteiger partial charge on any atom is -0.370 e. The molecule has 4 rings (SSSR count). The summed E-state index contributed by atoms with van der Waals surface area (Å²) in [6.45, 7) is 13.8. The Labute approximate surface area is 192 Å². The number of pyridine rings is 1. The molecule has 0 radical (unpaired) electrons. The lowest BCUT2D eigenvalue weighted by molar-refractivity contribution is -0.0407. The fourth-order valence-electron chi connectivity index (χ4n) is 4.98. The zero-order valence-corrected chi connectivity index (χ0v) is 20.2. The number of fused-ring (bicyclic) bond motifs is 1. The summed E-state index contributed by atoms with van der Waals surface area (Å²) in [7, 11) is 0. The van der Waals surface area contributed by atoms with Gasteiger partial charge in [0.15, 0.2) is 0 Å². The maximum atomic E-state index is 12.8. The van der Waals surface area contributed by atoms with Crippen LogP contribution in [0.1, 0.15) is 82.2 Å². The van der Waals surface area contributed by atoms with Crippen LogP contribution in [-0.2, 0) is 17.8 Å². The number of ether oxygens (including phenoxy) is 1. The van der Waals surface area contributed by atoms with Gasteiger partial charge in [-0.3, -0.25) is 0 Å². The molecule has 1 aliphatic carbocycles.